The van der Waals surface area contributed by atoms with E-state index in [0.29, 0.717) is 11.9 Å². The highest BCUT2D eigenvalue weighted by molar-refractivity contribution is 6.09. The first-order valence-corrected chi connectivity index (χ1v) is 5.30. The molecule has 2 N–H and O–H groups in total. The number of nitrogens with one attached hydrogen (secondary N) is 2. The van der Waals surface area contributed by atoms with Crippen LogP contribution in [0.3, 0.4) is 0 Å². The second-order valence-corrected chi connectivity index (χ2v) is 4.40. The fraction of sp³-hybridized carbons (Fsp3) is 0.800. The van der Waals surface area contributed by atoms with Gasteiger partial charge in [-0.3, -0.25) is 15.1 Å². The largest absolute Gasteiger partial charge is 0.342 e. The Labute approximate surface area is 84.2 Å². The third-order valence-corrected chi connectivity index (χ3v) is 2.91. The molecule has 2 rings (SSSR count). The average molecular weight is 195 g/mol. The van der Waals surface area contributed by atoms with Gasteiger partial charge in [0, 0.05) is 6.54 Å². The SMILES string of the molecule is CCCN=C1NC(=O)C2(CC(C)C2)N1. The predicted molar refractivity (Wildman–Crippen MR) is 55.0 cm³/mol. The maximum absolute atomic E-state index is 11.6. The van der Waals surface area contributed by atoms with Crippen molar-refractivity contribution >= 4 is 11.9 Å². The molecular weight excluding hydrogens is 178 g/mol. The van der Waals surface area contributed by atoms with Crippen molar-refractivity contribution in [3.05, 3.63) is 0 Å². The standard InChI is InChI=1S/C10H17N3O/c1-3-4-11-9-12-8(14)10(13-9)5-7(2)6-10/h7H,3-6H2,1-2H3,(H2,11,12,13,14). The molecule has 0 aromatic heterocycles. The molecule has 1 amide bonds. The Morgan fingerprint density at radius 3 is 2.86 bits per heavy atom. The van der Waals surface area contributed by atoms with Crippen LogP contribution < -0.4 is 10.6 Å². The first-order chi connectivity index (χ1) is 6.66. The van der Waals surface area contributed by atoms with E-state index in [1.165, 1.54) is 0 Å². The highest BCUT2D eigenvalue weighted by atomic mass is 16.2. The van der Waals surface area contributed by atoms with Crippen LogP contribution in [-0.4, -0.2) is 24.0 Å². The fourth-order valence-electron chi connectivity index (χ4n) is 2.26. The molecule has 0 bridgehead atoms. The Bertz CT molecular complexity index is 279. The van der Waals surface area contributed by atoms with Crippen LogP contribution in [0.4, 0.5) is 0 Å². The van der Waals surface area contributed by atoms with Crippen molar-refractivity contribution in [2.75, 3.05) is 6.54 Å². The Balaban J connectivity index is 2.01. The van der Waals surface area contributed by atoms with Crippen molar-refractivity contribution in [1.82, 2.24) is 10.6 Å². The quantitative estimate of drug-likeness (QED) is 0.679. The van der Waals surface area contributed by atoms with E-state index in [-0.39, 0.29) is 11.4 Å². The van der Waals surface area contributed by atoms with Crippen molar-refractivity contribution in [1.29, 1.82) is 0 Å². The van der Waals surface area contributed by atoms with E-state index in [4.69, 9.17) is 0 Å². The summed E-state index contributed by atoms with van der Waals surface area (Å²) in [4.78, 5) is 15.9. The van der Waals surface area contributed by atoms with Gasteiger partial charge in [-0.15, -0.1) is 0 Å². The second kappa shape index (κ2) is 3.26. The molecule has 1 saturated carbocycles. The number of amides is 1. The molecule has 2 fully saturated rings. The van der Waals surface area contributed by atoms with Gasteiger partial charge in [-0.05, 0) is 25.2 Å². The highest BCUT2D eigenvalue weighted by Gasteiger charge is 2.52. The van der Waals surface area contributed by atoms with E-state index < -0.39 is 0 Å². The molecule has 0 aromatic carbocycles. The first-order valence-electron chi connectivity index (χ1n) is 5.30. The summed E-state index contributed by atoms with van der Waals surface area (Å²) in [5, 5.41) is 6.01. The van der Waals surface area contributed by atoms with Gasteiger partial charge in [-0.25, -0.2) is 0 Å². The minimum absolute atomic E-state index is 0.102. The zero-order valence-corrected chi connectivity index (χ0v) is 8.76. The fourth-order valence-corrected chi connectivity index (χ4v) is 2.26. The average Bonchev–Trinajstić information content (AvgIpc) is 2.40. The van der Waals surface area contributed by atoms with Crippen molar-refractivity contribution in [2.45, 2.75) is 38.6 Å². The lowest BCUT2D eigenvalue weighted by atomic mass is 9.69. The zero-order chi connectivity index (χ0) is 10.2. The first kappa shape index (κ1) is 9.49. The molecule has 0 unspecified atom stereocenters. The van der Waals surface area contributed by atoms with Crippen molar-refractivity contribution in [2.24, 2.45) is 10.9 Å². The van der Waals surface area contributed by atoms with Gasteiger partial charge in [-0.1, -0.05) is 13.8 Å². The minimum atomic E-state index is -0.314. The third-order valence-electron chi connectivity index (χ3n) is 2.91. The summed E-state index contributed by atoms with van der Waals surface area (Å²) >= 11 is 0. The minimum Gasteiger partial charge on any atom is -0.342 e. The lowest BCUT2D eigenvalue weighted by Gasteiger charge is -2.40. The molecule has 78 valence electrons. The Kier molecular flexibility index (Phi) is 2.21. The van der Waals surface area contributed by atoms with Gasteiger partial charge in [0.1, 0.15) is 5.54 Å². The van der Waals surface area contributed by atoms with Gasteiger partial charge in [0.15, 0.2) is 5.96 Å². The molecular formula is C10H17N3O. The van der Waals surface area contributed by atoms with Crippen LogP contribution in [0, 0.1) is 5.92 Å². The predicted octanol–water partition coefficient (Wildman–Crippen LogP) is 0.640. The van der Waals surface area contributed by atoms with E-state index in [1.54, 1.807) is 0 Å². The smallest absolute Gasteiger partial charge is 0.252 e. The van der Waals surface area contributed by atoms with Crippen molar-refractivity contribution in [3.8, 4) is 0 Å². The molecule has 2 aliphatic rings. The molecule has 1 aliphatic carbocycles. The molecule has 1 saturated heterocycles. The van der Waals surface area contributed by atoms with Crippen LogP contribution in [-0.2, 0) is 4.79 Å². The summed E-state index contributed by atoms with van der Waals surface area (Å²) in [6, 6.07) is 0. The summed E-state index contributed by atoms with van der Waals surface area (Å²) in [5.41, 5.74) is -0.314. The molecule has 1 heterocycles. The number of hydrogen-bond donors (Lipinski definition) is 2. The molecule has 0 aromatic rings. The van der Waals surface area contributed by atoms with Gasteiger partial charge in [0.05, 0.1) is 0 Å². The zero-order valence-electron chi connectivity index (χ0n) is 8.76. The van der Waals surface area contributed by atoms with Crippen LogP contribution in [0.5, 0.6) is 0 Å². The van der Waals surface area contributed by atoms with E-state index in [9.17, 15) is 4.79 Å². The maximum Gasteiger partial charge on any atom is 0.252 e. The van der Waals surface area contributed by atoms with Gasteiger partial charge in [0.25, 0.3) is 5.91 Å². The van der Waals surface area contributed by atoms with Gasteiger partial charge < -0.3 is 5.32 Å². The molecule has 4 nitrogen and oxygen atoms in total. The van der Waals surface area contributed by atoms with Gasteiger partial charge in [-0.2, -0.15) is 0 Å². The molecule has 1 aliphatic heterocycles. The van der Waals surface area contributed by atoms with Crippen LogP contribution in [0.15, 0.2) is 4.99 Å². The second-order valence-electron chi connectivity index (χ2n) is 4.40. The van der Waals surface area contributed by atoms with Crippen molar-refractivity contribution in [3.63, 3.8) is 0 Å². The number of guanidine groups is 1. The number of nitrogens with zero attached hydrogens (tertiary/aromatic N) is 1. The number of rotatable bonds is 2. The van der Waals surface area contributed by atoms with Gasteiger partial charge >= 0.3 is 0 Å². The molecule has 14 heavy (non-hydrogen) atoms. The van der Waals surface area contributed by atoms with Crippen LogP contribution in [0.1, 0.15) is 33.1 Å². The van der Waals surface area contributed by atoms with E-state index in [2.05, 4.69) is 29.5 Å². The summed E-state index contributed by atoms with van der Waals surface area (Å²) in [5.74, 6) is 1.42. The topological polar surface area (TPSA) is 53.5 Å². The highest BCUT2D eigenvalue weighted by Crippen LogP contribution is 2.39. The number of carbonyl (C=O) groups excluding carboxylic acids is 1. The lowest BCUT2D eigenvalue weighted by Crippen LogP contribution is -2.56. The maximum atomic E-state index is 11.6. The molecule has 4 heteroatoms. The van der Waals surface area contributed by atoms with E-state index >= 15 is 0 Å². The van der Waals surface area contributed by atoms with Crippen molar-refractivity contribution < 1.29 is 4.79 Å². The van der Waals surface area contributed by atoms with Crippen LogP contribution in [0.2, 0.25) is 0 Å². The van der Waals surface area contributed by atoms with E-state index in [0.717, 1.165) is 25.8 Å². The van der Waals surface area contributed by atoms with Crippen LogP contribution >= 0.6 is 0 Å². The summed E-state index contributed by atoms with van der Waals surface area (Å²) < 4.78 is 0. The van der Waals surface area contributed by atoms with Crippen LogP contribution in [0.25, 0.3) is 0 Å². The summed E-state index contributed by atoms with van der Waals surface area (Å²) in [6.07, 6.45) is 2.87. The van der Waals surface area contributed by atoms with E-state index in [1.807, 2.05) is 0 Å². The third kappa shape index (κ3) is 1.38. The Morgan fingerprint density at radius 1 is 1.57 bits per heavy atom. The Morgan fingerprint density at radius 2 is 2.29 bits per heavy atom. The number of hydrogen-bond acceptors (Lipinski definition) is 2. The normalized spacial score (nSPS) is 38.3. The number of aliphatic imine (C=N–C) groups is 1. The summed E-state index contributed by atoms with van der Waals surface area (Å²) in [7, 11) is 0. The number of carbonyl (C=O) groups is 1. The monoisotopic (exact) mass is 195 g/mol. The lowest BCUT2D eigenvalue weighted by molar-refractivity contribution is -0.128. The van der Waals surface area contributed by atoms with Gasteiger partial charge in [0.2, 0.25) is 0 Å². The molecule has 1 spiro atoms. The Hall–Kier alpha value is -1.06. The molecule has 0 atom stereocenters. The molecule has 0 radical (unpaired) electrons. The summed E-state index contributed by atoms with van der Waals surface area (Å²) in [6.45, 7) is 5.01.